The molecule has 0 bridgehead atoms. The SMILES string of the molecule is O=[S+]1(O)CC[C@@H](NCCNC(=S)S)C1. The van der Waals surface area contributed by atoms with Gasteiger partial charge >= 0.3 is 0 Å². The standard InChI is InChI=1S/C7H14N2O2S3/c10-14(11)4-1-6(5-14)8-2-3-9-7(12)13/h6,8H,1-5H2,(H2-,9,10,11,12,13)/p+1/t6-/m1/s1. The lowest BCUT2D eigenvalue weighted by atomic mass is 10.3. The summed E-state index contributed by atoms with van der Waals surface area (Å²) >= 11 is 8.63. The van der Waals surface area contributed by atoms with Gasteiger partial charge in [0.15, 0.2) is 5.75 Å². The largest absolute Gasteiger partial charge is 0.370 e. The lowest BCUT2D eigenvalue weighted by Gasteiger charge is -2.09. The van der Waals surface area contributed by atoms with Gasteiger partial charge in [0, 0.05) is 19.5 Å². The summed E-state index contributed by atoms with van der Waals surface area (Å²) in [6.45, 7) is 1.44. The van der Waals surface area contributed by atoms with Gasteiger partial charge in [-0.15, -0.1) is 12.6 Å². The van der Waals surface area contributed by atoms with E-state index in [2.05, 4.69) is 23.3 Å². The van der Waals surface area contributed by atoms with Crippen LogP contribution in [0.4, 0.5) is 0 Å². The van der Waals surface area contributed by atoms with Crippen molar-refractivity contribution < 1.29 is 8.76 Å². The Balaban J connectivity index is 2.09. The van der Waals surface area contributed by atoms with E-state index in [1.165, 1.54) is 0 Å². The Morgan fingerprint density at radius 2 is 2.36 bits per heavy atom. The zero-order valence-electron chi connectivity index (χ0n) is 7.73. The first-order chi connectivity index (χ1) is 6.49. The molecule has 14 heavy (non-hydrogen) atoms. The average molecular weight is 255 g/mol. The van der Waals surface area contributed by atoms with E-state index in [9.17, 15) is 8.76 Å². The molecule has 7 heteroatoms. The third-order valence-electron chi connectivity index (χ3n) is 2.08. The van der Waals surface area contributed by atoms with Crippen LogP contribution in [-0.2, 0) is 14.4 Å². The summed E-state index contributed by atoms with van der Waals surface area (Å²) in [6.07, 6.45) is 0.778. The van der Waals surface area contributed by atoms with Gasteiger partial charge in [0.05, 0.1) is 6.04 Å². The van der Waals surface area contributed by atoms with Crippen molar-refractivity contribution in [3.05, 3.63) is 0 Å². The fourth-order valence-electron chi connectivity index (χ4n) is 1.41. The van der Waals surface area contributed by atoms with Crippen LogP contribution in [0.5, 0.6) is 0 Å². The molecule has 0 aromatic rings. The van der Waals surface area contributed by atoms with E-state index in [-0.39, 0.29) is 6.04 Å². The zero-order chi connectivity index (χ0) is 10.6. The fourth-order valence-corrected chi connectivity index (χ4v) is 3.36. The Kier molecular flexibility index (Phi) is 4.78. The normalized spacial score (nSPS) is 31.7. The number of nitrogens with one attached hydrogen (secondary N) is 2. The van der Waals surface area contributed by atoms with E-state index in [0.717, 1.165) is 13.0 Å². The molecule has 3 N–H and O–H groups in total. The first-order valence-corrected chi connectivity index (χ1v) is 7.13. The van der Waals surface area contributed by atoms with Crippen LogP contribution in [0.2, 0.25) is 0 Å². The van der Waals surface area contributed by atoms with Gasteiger partial charge < -0.3 is 10.6 Å². The lowest BCUT2D eigenvalue weighted by molar-refractivity contribution is 0.500. The molecule has 0 saturated carbocycles. The molecule has 4 nitrogen and oxygen atoms in total. The van der Waals surface area contributed by atoms with Gasteiger partial charge in [-0.25, -0.2) is 0 Å². The minimum absolute atomic E-state index is 0.169. The minimum atomic E-state index is -2.52. The van der Waals surface area contributed by atoms with Crippen molar-refractivity contribution in [1.82, 2.24) is 10.6 Å². The molecule has 1 fully saturated rings. The highest BCUT2D eigenvalue weighted by Crippen LogP contribution is 2.15. The molecule has 0 aliphatic carbocycles. The first kappa shape index (κ1) is 12.4. The van der Waals surface area contributed by atoms with Gasteiger partial charge in [0.1, 0.15) is 10.1 Å². The van der Waals surface area contributed by atoms with Gasteiger partial charge in [0.25, 0.3) is 0 Å². The van der Waals surface area contributed by atoms with Crippen LogP contribution in [0.3, 0.4) is 0 Å². The monoisotopic (exact) mass is 255 g/mol. The quantitative estimate of drug-likeness (QED) is 0.249. The third kappa shape index (κ3) is 4.70. The Morgan fingerprint density at radius 1 is 1.64 bits per heavy atom. The molecule has 1 saturated heterocycles. The molecular formula is C7H15N2O2S3+. The van der Waals surface area contributed by atoms with E-state index in [1.54, 1.807) is 0 Å². The van der Waals surface area contributed by atoms with Crippen LogP contribution in [0.1, 0.15) is 6.42 Å². The highest BCUT2D eigenvalue weighted by molar-refractivity contribution is 8.11. The predicted octanol–water partition coefficient (Wildman–Crippen LogP) is 0.125. The maximum atomic E-state index is 11.2. The third-order valence-corrected chi connectivity index (χ3v) is 4.18. The summed E-state index contributed by atoms with van der Waals surface area (Å²) in [5, 5.41) is 6.09. The molecule has 1 heterocycles. The van der Waals surface area contributed by atoms with Crippen LogP contribution in [0.25, 0.3) is 0 Å². The topological polar surface area (TPSA) is 61.4 Å². The van der Waals surface area contributed by atoms with Crippen molar-refractivity contribution in [1.29, 1.82) is 0 Å². The Hall–Kier alpha value is 0.310. The van der Waals surface area contributed by atoms with Crippen molar-refractivity contribution in [3.63, 3.8) is 0 Å². The maximum absolute atomic E-state index is 11.2. The van der Waals surface area contributed by atoms with E-state index >= 15 is 0 Å². The lowest BCUT2D eigenvalue weighted by Crippen LogP contribution is -2.36. The molecule has 1 unspecified atom stereocenters. The second-order valence-electron chi connectivity index (χ2n) is 3.32. The molecule has 1 rings (SSSR count). The van der Waals surface area contributed by atoms with Gasteiger partial charge in [0.2, 0.25) is 10.2 Å². The Morgan fingerprint density at radius 3 is 2.86 bits per heavy atom. The van der Waals surface area contributed by atoms with Crippen LogP contribution < -0.4 is 10.6 Å². The van der Waals surface area contributed by atoms with Crippen molar-refractivity contribution in [3.8, 4) is 0 Å². The number of hydrogen-bond acceptors (Lipinski definition) is 3. The second kappa shape index (κ2) is 5.41. The molecule has 0 radical (unpaired) electrons. The molecule has 2 atom stereocenters. The summed E-state index contributed by atoms with van der Waals surface area (Å²) in [4.78, 5) is 0. The van der Waals surface area contributed by atoms with Crippen molar-refractivity contribution in [2.75, 3.05) is 24.6 Å². The van der Waals surface area contributed by atoms with Crippen LogP contribution in [0, 0.1) is 0 Å². The molecule has 0 aromatic carbocycles. The molecule has 0 aromatic heterocycles. The Labute approximate surface area is 95.9 Å². The van der Waals surface area contributed by atoms with Gasteiger partial charge in [-0.1, -0.05) is 16.4 Å². The maximum Gasteiger partial charge on any atom is 0.215 e. The smallest absolute Gasteiger partial charge is 0.215 e. The second-order valence-corrected chi connectivity index (χ2v) is 6.76. The van der Waals surface area contributed by atoms with Crippen molar-refractivity contribution in [2.24, 2.45) is 0 Å². The van der Waals surface area contributed by atoms with E-state index < -0.39 is 10.2 Å². The number of hydrogen-bond donors (Lipinski definition) is 4. The summed E-state index contributed by atoms with van der Waals surface area (Å²) < 4.78 is 20.9. The van der Waals surface area contributed by atoms with Crippen molar-refractivity contribution >= 4 is 39.4 Å². The molecule has 1 aliphatic heterocycles. The first-order valence-electron chi connectivity index (χ1n) is 4.42. The van der Waals surface area contributed by atoms with Crippen LogP contribution in [-0.4, -0.2) is 39.5 Å². The van der Waals surface area contributed by atoms with Crippen LogP contribution in [0.15, 0.2) is 0 Å². The summed E-state index contributed by atoms with van der Waals surface area (Å²) in [5.74, 6) is 0.793. The highest BCUT2D eigenvalue weighted by Gasteiger charge is 2.37. The summed E-state index contributed by atoms with van der Waals surface area (Å²) in [6, 6.07) is 0.169. The average Bonchev–Trinajstić information content (AvgIpc) is 2.39. The number of thiol groups is 1. The number of thiocarbonyl (C=S) groups is 1. The van der Waals surface area contributed by atoms with Gasteiger partial charge in [-0.3, -0.25) is 0 Å². The molecule has 0 spiro atoms. The minimum Gasteiger partial charge on any atom is -0.370 e. The molecule has 1 aliphatic rings. The highest BCUT2D eigenvalue weighted by atomic mass is 32.3. The van der Waals surface area contributed by atoms with Crippen molar-refractivity contribution in [2.45, 2.75) is 12.5 Å². The van der Waals surface area contributed by atoms with E-state index in [0.29, 0.717) is 22.4 Å². The predicted molar refractivity (Wildman–Crippen MR) is 66.4 cm³/mol. The molecular weight excluding hydrogens is 240 g/mol. The fraction of sp³-hybridized carbons (Fsp3) is 0.857. The summed E-state index contributed by atoms with van der Waals surface area (Å²) in [5.41, 5.74) is 0. The van der Waals surface area contributed by atoms with E-state index in [4.69, 9.17) is 12.2 Å². The summed E-state index contributed by atoms with van der Waals surface area (Å²) in [7, 11) is -2.52. The Bertz CT molecular complexity index is 259. The zero-order valence-corrected chi connectivity index (χ0v) is 10.3. The van der Waals surface area contributed by atoms with Gasteiger partial charge in [-0.05, 0) is 0 Å². The molecule has 0 amide bonds. The van der Waals surface area contributed by atoms with Crippen LogP contribution >= 0.6 is 24.8 Å². The van der Waals surface area contributed by atoms with Gasteiger partial charge in [-0.2, -0.15) is 4.55 Å². The van der Waals surface area contributed by atoms with E-state index in [1.807, 2.05) is 0 Å². The molecule has 82 valence electrons. The number of rotatable bonds is 4.